The summed E-state index contributed by atoms with van der Waals surface area (Å²) in [5.41, 5.74) is 2.04. The van der Waals surface area contributed by atoms with Gasteiger partial charge in [0.1, 0.15) is 6.04 Å². The number of amides is 2. The van der Waals surface area contributed by atoms with E-state index in [9.17, 15) is 9.59 Å². The average Bonchev–Trinajstić information content (AvgIpc) is 2.74. The van der Waals surface area contributed by atoms with Crippen molar-refractivity contribution in [2.24, 2.45) is 0 Å². The molecule has 0 aliphatic rings. The van der Waals surface area contributed by atoms with Crippen molar-refractivity contribution in [1.82, 2.24) is 10.2 Å². The third-order valence-electron chi connectivity index (χ3n) is 4.59. The molecule has 0 saturated carbocycles. The van der Waals surface area contributed by atoms with Crippen LogP contribution >= 0.6 is 0 Å². The molecule has 2 aromatic rings. The molecule has 1 N–H and O–H groups in total. The van der Waals surface area contributed by atoms with Gasteiger partial charge in [-0.05, 0) is 17.5 Å². The van der Waals surface area contributed by atoms with Crippen LogP contribution in [-0.4, -0.2) is 43.0 Å². The maximum atomic E-state index is 13.0. The summed E-state index contributed by atoms with van der Waals surface area (Å²) < 4.78 is 5.05. The van der Waals surface area contributed by atoms with Gasteiger partial charge in [-0.2, -0.15) is 0 Å². The molecule has 28 heavy (non-hydrogen) atoms. The molecule has 0 fully saturated rings. The first-order chi connectivity index (χ1) is 13.7. The largest absolute Gasteiger partial charge is 0.385 e. The number of methoxy groups -OCH3 is 1. The topological polar surface area (TPSA) is 58.6 Å². The van der Waals surface area contributed by atoms with Crippen molar-refractivity contribution in [2.45, 2.75) is 38.8 Å². The smallest absolute Gasteiger partial charge is 0.243 e. The van der Waals surface area contributed by atoms with Crippen LogP contribution in [0.4, 0.5) is 0 Å². The Morgan fingerprint density at radius 3 is 2.18 bits per heavy atom. The van der Waals surface area contributed by atoms with Gasteiger partial charge in [0, 0.05) is 39.6 Å². The number of hydrogen-bond donors (Lipinski definition) is 1. The number of carbonyl (C=O) groups excluding carboxylic acids is 2. The van der Waals surface area contributed by atoms with Gasteiger partial charge >= 0.3 is 0 Å². The average molecular weight is 383 g/mol. The molecule has 2 rings (SSSR count). The van der Waals surface area contributed by atoms with E-state index in [4.69, 9.17) is 4.74 Å². The van der Waals surface area contributed by atoms with E-state index in [-0.39, 0.29) is 11.8 Å². The van der Waals surface area contributed by atoms with Crippen molar-refractivity contribution in [3.05, 3.63) is 71.8 Å². The van der Waals surface area contributed by atoms with E-state index >= 15 is 0 Å². The SMILES string of the molecule is CCC(=O)N(Cc1ccccc1)[C@@H](Cc1ccccc1)C(=O)NCCCOC. The Balaban J connectivity index is 2.23. The quantitative estimate of drug-likeness (QED) is 0.607. The Hall–Kier alpha value is -2.66. The maximum Gasteiger partial charge on any atom is 0.243 e. The fraction of sp³-hybridized carbons (Fsp3) is 0.391. The van der Waals surface area contributed by atoms with Crippen molar-refractivity contribution in [2.75, 3.05) is 20.3 Å². The van der Waals surface area contributed by atoms with E-state index in [1.165, 1.54) is 0 Å². The first-order valence-corrected chi connectivity index (χ1v) is 9.79. The van der Waals surface area contributed by atoms with Crippen LogP contribution in [-0.2, 0) is 27.3 Å². The predicted molar refractivity (Wildman–Crippen MR) is 111 cm³/mol. The maximum absolute atomic E-state index is 13.0. The third kappa shape index (κ3) is 6.82. The Labute approximate surface area is 167 Å². The predicted octanol–water partition coefficient (Wildman–Crippen LogP) is 3.19. The summed E-state index contributed by atoms with van der Waals surface area (Å²) in [4.78, 5) is 27.5. The van der Waals surface area contributed by atoms with Crippen LogP contribution in [0.25, 0.3) is 0 Å². The molecule has 0 aliphatic carbocycles. The summed E-state index contributed by atoms with van der Waals surface area (Å²) in [7, 11) is 1.64. The van der Waals surface area contributed by atoms with Gasteiger partial charge in [-0.3, -0.25) is 9.59 Å². The van der Waals surface area contributed by atoms with Crippen LogP contribution < -0.4 is 5.32 Å². The lowest BCUT2D eigenvalue weighted by atomic mass is 10.0. The molecular formula is C23H30N2O3. The van der Waals surface area contributed by atoms with E-state index in [0.717, 1.165) is 17.5 Å². The lowest BCUT2D eigenvalue weighted by molar-refractivity contribution is -0.141. The summed E-state index contributed by atoms with van der Waals surface area (Å²) in [6.45, 7) is 3.36. The highest BCUT2D eigenvalue weighted by Gasteiger charge is 2.29. The summed E-state index contributed by atoms with van der Waals surface area (Å²) in [6.07, 6.45) is 1.57. The first kappa shape index (κ1) is 21.6. The lowest BCUT2D eigenvalue weighted by Crippen LogP contribution is -2.50. The molecule has 2 aromatic carbocycles. The standard InChI is InChI=1S/C23H30N2O3/c1-3-22(26)25(18-20-13-8-5-9-14-20)21(17-19-11-6-4-7-12-19)23(27)24-15-10-16-28-2/h4-9,11-14,21H,3,10,15-18H2,1-2H3,(H,24,27)/t21-/m0/s1. The molecule has 0 aromatic heterocycles. The Bertz CT molecular complexity index is 719. The fourth-order valence-electron chi connectivity index (χ4n) is 3.08. The van der Waals surface area contributed by atoms with Crippen LogP contribution in [0.5, 0.6) is 0 Å². The second-order valence-corrected chi connectivity index (χ2v) is 6.70. The van der Waals surface area contributed by atoms with Crippen molar-refractivity contribution in [1.29, 1.82) is 0 Å². The van der Waals surface area contributed by atoms with Gasteiger partial charge in [0.15, 0.2) is 0 Å². The number of nitrogens with zero attached hydrogens (tertiary/aromatic N) is 1. The van der Waals surface area contributed by atoms with Gasteiger partial charge < -0.3 is 15.0 Å². The van der Waals surface area contributed by atoms with E-state index in [2.05, 4.69) is 5.32 Å². The van der Waals surface area contributed by atoms with Crippen LogP contribution in [0.1, 0.15) is 30.9 Å². The second kappa shape index (κ2) is 11.9. The minimum Gasteiger partial charge on any atom is -0.385 e. The minimum absolute atomic E-state index is 0.0307. The summed E-state index contributed by atoms with van der Waals surface area (Å²) in [6, 6.07) is 19.1. The van der Waals surface area contributed by atoms with E-state index in [1.54, 1.807) is 12.0 Å². The Morgan fingerprint density at radius 1 is 1.00 bits per heavy atom. The fourth-order valence-corrected chi connectivity index (χ4v) is 3.08. The van der Waals surface area contributed by atoms with E-state index < -0.39 is 6.04 Å². The number of hydrogen-bond acceptors (Lipinski definition) is 3. The molecule has 5 nitrogen and oxygen atoms in total. The van der Waals surface area contributed by atoms with Crippen molar-refractivity contribution >= 4 is 11.8 Å². The van der Waals surface area contributed by atoms with Crippen LogP contribution in [0.15, 0.2) is 60.7 Å². The number of carbonyl (C=O) groups is 2. The molecule has 0 heterocycles. The van der Waals surface area contributed by atoms with Gasteiger partial charge in [-0.25, -0.2) is 0 Å². The molecular weight excluding hydrogens is 352 g/mol. The molecule has 0 unspecified atom stereocenters. The van der Waals surface area contributed by atoms with Gasteiger partial charge in [0.2, 0.25) is 11.8 Å². The molecule has 0 spiro atoms. The zero-order valence-corrected chi connectivity index (χ0v) is 16.8. The molecule has 5 heteroatoms. The molecule has 0 aliphatic heterocycles. The van der Waals surface area contributed by atoms with Crippen molar-refractivity contribution in [3.63, 3.8) is 0 Å². The molecule has 0 radical (unpaired) electrons. The number of ether oxygens (including phenoxy) is 1. The number of nitrogens with one attached hydrogen (secondary N) is 1. The van der Waals surface area contributed by atoms with Crippen LogP contribution in [0, 0.1) is 0 Å². The second-order valence-electron chi connectivity index (χ2n) is 6.70. The van der Waals surface area contributed by atoms with E-state index in [0.29, 0.717) is 32.5 Å². The van der Waals surface area contributed by atoms with Gasteiger partial charge in [-0.1, -0.05) is 67.6 Å². The van der Waals surface area contributed by atoms with Gasteiger partial charge in [-0.15, -0.1) is 0 Å². The molecule has 1 atom stereocenters. The highest BCUT2D eigenvalue weighted by Crippen LogP contribution is 2.15. The monoisotopic (exact) mass is 382 g/mol. The van der Waals surface area contributed by atoms with Gasteiger partial charge in [0.05, 0.1) is 0 Å². The summed E-state index contributed by atoms with van der Waals surface area (Å²) in [5, 5.41) is 2.97. The minimum atomic E-state index is -0.558. The lowest BCUT2D eigenvalue weighted by Gasteiger charge is -2.31. The van der Waals surface area contributed by atoms with Crippen molar-refractivity contribution < 1.29 is 14.3 Å². The summed E-state index contributed by atoms with van der Waals surface area (Å²) in [5.74, 6) is -0.158. The molecule has 0 bridgehead atoms. The zero-order chi connectivity index (χ0) is 20.2. The highest BCUT2D eigenvalue weighted by atomic mass is 16.5. The zero-order valence-electron chi connectivity index (χ0n) is 16.8. The highest BCUT2D eigenvalue weighted by molar-refractivity contribution is 5.87. The molecule has 0 saturated heterocycles. The summed E-state index contributed by atoms with van der Waals surface area (Å²) >= 11 is 0. The molecule has 2 amide bonds. The van der Waals surface area contributed by atoms with Crippen molar-refractivity contribution in [3.8, 4) is 0 Å². The van der Waals surface area contributed by atoms with E-state index in [1.807, 2.05) is 67.6 Å². The molecule has 150 valence electrons. The number of benzene rings is 2. The first-order valence-electron chi connectivity index (χ1n) is 9.79. The Morgan fingerprint density at radius 2 is 1.61 bits per heavy atom. The van der Waals surface area contributed by atoms with Crippen LogP contribution in [0.2, 0.25) is 0 Å². The number of rotatable bonds is 11. The normalized spacial score (nSPS) is 11.6. The van der Waals surface area contributed by atoms with Gasteiger partial charge in [0.25, 0.3) is 0 Å². The Kier molecular flexibility index (Phi) is 9.22. The van der Waals surface area contributed by atoms with Crippen LogP contribution in [0.3, 0.4) is 0 Å². The third-order valence-corrected chi connectivity index (χ3v) is 4.59.